The number of carbonyl (C=O) groups excluding carboxylic acids is 1. The lowest BCUT2D eigenvalue weighted by Crippen LogP contribution is -2.11. The third-order valence-corrected chi connectivity index (χ3v) is 3.68. The van der Waals surface area contributed by atoms with E-state index in [1.54, 1.807) is 18.2 Å². The summed E-state index contributed by atoms with van der Waals surface area (Å²) >= 11 is 3.18. The first-order valence-electron chi connectivity index (χ1n) is 6.39. The molecule has 2 aromatic carbocycles. The molecule has 104 valence electrons. The highest BCUT2D eigenvalue weighted by Gasteiger charge is 2.17. The third kappa shape index (κ3) is 3.15. The Kier molecular flexibility index (Phi) is 4.09. The van der Waals surface area contributed by atoms with E-state index in [1.807, 2.05) is 12.1 Å². The van der Waals surface area contributed by atoms with Gasteiger partial charge in [-0.15, -0.1) is 0 Å². The van der Waals surface area contributed by atoms with Crippen LogP contribution in [0.1, 0.15) is 42.3 Å². The van der Waals surface area contributed by atoms with Crippen LogP contribution >= 0.6 is 15.9 Å². The fourth-order valence-electron chi connectivity index (χ4n) is 1.95. The minimum absolute atomic E-state index is 0.0322. The van der Waals surface area contributed by atoms with Crippen LogP contribution in [0, 0.1) is 5.82 Å². The maximum atomic E-state index is 13.8. The Morgan fingerprint density at radius 3 is 2.15 bits per heavy atom. The minimum Gasteiger partial charge on any atom is -0.288 e. The molecule has 20 heavy (non-hydrogen) atoms. The maximum Gasteiger partial charge on any atom is 0.195 e. The first kappa shape index (κ1) is 14.9. The van der Waals surface area contributed by atoms with Gasteiger partial charge in [0.1, 0.15) is 5.82 Å². The number of benzene rings is 2. The predicted molar refractivity (Wildman–Crippen MR) is 82.7 cm³/mol. The van der Waals surface area contributed by atoms with Crippen LogP contribution < -0.4 is 0 Å². The van der Waals surface area contributed by atoms with E-state index >= 15 is 0 Å². The summed E-state index contributed by atoms with van der Waals surface area (Å²) in [5.74, 6) is -0.806. The van der Waals surface area contributed by atoms with Gasteiger partial charge < -0.3 is 0 Å². The van der Waals surface area contributed by atoms with Gasteiger partial charge in [-0.1, -0.05) is 61.0 Å². The van der Waals surface area contributed by atoms with Gasteiger partial charge in [0, 0.05) is 10.0 Å². The SMILES string of the molecule is CC(C)(C)c1ccc(C(=O)c2ccc(Br)cc2F)cc1. The highest BCUT2D eigenvalue weighted by molar-refractivity contribution is 9.10. The van der Waals surface area contributed by atoms with Crippen molar-refractivity contribution in [2.45, 2.75) is 26.2 Å². The van der Waals surface area contributed by atoms with E-state index in [1.165, 1.54) is 12.1 Å². The zero-order valence-electron chi connectivity index (χ0n) is 11.7. The molecule has 0 aliphatic heterocycles. The summed E-state index contributed by atoms with van der Waals surface area (Å²) in [4.78, 5) is 12.3. The molecule has 0 heterocycles. The second-order valence-electron chi connectivity index (χ2n) is 5.78. The summed E-state index contributed by atoms with van der Waals surface area (Å²) in [6.45, 7) is 6.33. The Bertz CT molecular complexity index is 639. The van der Waals surface area contributed by atoms with Gasteiger partial charge in [-0.25, -0.2) is 4.39 Å². The molecule has 0 amide bonds. The van der Waals surface area contributed by atoms with Gasteiger partial charge in [-0.2, -0.15) is 0 Å². The van der Waals surface area contributed by atoms with Crippen molar-refractivity contribution < 1.29 is 9.18 Å². The molecule has 3 heteroatoms. The number of rotatable bonds is 2. The molecule has 0 fully saturated rings. The van der Waals surface area contributed by atoms with E-state index < -0.39 is 5.82 Å². The molecule has 0 N–H and O–H groups in total. The van der Waals surface area contributed by atoms with Gasteiger partial charge in [0.05, 0.1) is 5.56 Å². The second-order valence-corrected chi connectivity index (χ2v) is 6.70. The van der Waals surface area contributed by atoms with Gasteiger partial charge in [0.2, 0.25) is 0 Å². The molecule has 0 aromatic heterocycles. The lowest BCUT2D eigenvalue weighted by atomic mass is 9.86. The molecule has 0 radical (unpaired) electrons. The Morgan fingerprint density at radius 1 is 1.05 bits per heavy atom. The maximum absolute atomic E-state index is 13.8. The fraction of sp³-hybridized carbons (Fsp3) is 0.235. The molecule has 0 saturated heterocycles. The standard InChI is InChI=1S/C17H16BrFO/c1-17(2,3)12-6-4-11(5-7-12)16(20)14-9-8-13(18)10-15(14)19/h4-10H,1-3H3. The Morgan fingerprint density at radius 2 is 1.65 bits per heavy atom. The van der Waals surface area contributed by atoms with E-state index in [9.17, 15) is 9.18 Å². The van der Waals surface area contributed by atoms with Gasteiger partial charge in [-0.3, -0.25) is 4.79 Å². The van der Waals surface area contributed by atoms with Crippen molar-refractivity contribution in [2.75, 3.05) is 0 Å². The van der Waals surface area contributed by atoms with E-state index in [0.717, 1.165) is 5.56 Å². The number of carbonyl (C=O) groups is 1. The summed E-state index contributed by atoms with van der Waals surface area (Å²) < 4.78 is 14.4. The Balaban J connectivity index is 2.34. The average Bonchev–Trinajstić information content (AvgIpc) is 2.37. The van der Waals surface area contributed by atoms with Crippen molar-refractivity contribution in [1.29, 1.82) is 0 Å². The Labute approximate surface area is 127 Å². The van der Waals surface area contributed by atoms with Crippen molar-refractivity contribution in [2.24, 2.45) is 0 Å². The van der Waals surface area contributed by atoms with E-state index in [4.69, 9.17) is 0 Å². The lowest BCUT2D eigenvalue weighted by Gasteiger charge is -2.19. The summed E-state index contributed by atoms with van der Waals surface area (Å²) in [6.07, 6.45) is 0. The zero-order valence-corrected chi connectivity index (χ0v) is 13.3. The van der Waals surface area contributed by atoms with Crippen LogP contribution in [0.25, 0.3) is 0 Å². The average molecular weight is 335 g/mol. The van der Waals surface area contributed by atoms with Crippen LogP contribution in [0.4, 0.5) is 4.39 Å². The molecule has 0 spiro atoms. The van der Waals surface area contributed by atoms with Crippen LogP contribution in [0.3, 0.4) is 0 Å². The van der Waals surface area contributed by atoms with Gasteiger partial charge in [0.25, 0.3) is 0 Å². The number of hydrogen-bond acceptors (Lipinski definition) is 1. The molecule has 0 atom stereocenters. The first-order chi connectivity index (χ1) is 9.29. The van der Waals surface area contributed by atoms with Crippen LogP contribution in [0.5, 0.6) is 0 Å². The third-order valence-electron chi connectivity index (χ3n) is 3.19. The lowest BCUT2D eigenvalue weighted by molar-refractivity contribution is 0.103. The molecule has 0 aliphatic rings. The van der Waals surface area contributed by atoms with Crippen molar-refractivity contribution in [1.82, 2.24) is 0 Å². The first-order valence-corrected chi connectivity index (χ1v) is 7.18. The van der Waals surface area contributed by atoms with E-state index in [0.29, 0.717) is 10.0 Å². The molecule has 0 unspecified atom stereocenters. The van der Waals surface area contributed by atoms with Crippen LogP contribution in [-0.2, 0) is 5.41 Å². The summed E-state index contributed by atoms with van der Waals surface area (Å²) in [5, 5.41) is 0. The minimum atomic E-state index is -0.510. The van der Waals surface area contributed by atoms with Crippen LogP contribution in [0.15, 0.2) is 46.9 Å². The van der Waals surface area contributed by atoms with Crippen molar-refractivity contribution >= 4 is 21.7 Å². The number of halogens is 2. The van der Waals surface area contributed by atoms with E-state index in [-0.39, 0.29) is 16.8 Å². The zero-order chi connectivity index (χ0) is 14.9. The largest absolute Gasteiger partial charge is 0.288 e. The highest BCUT2D eigenvalue weighted by Crippen LogP contribution is 2.24. The van der Waals surface area contributed by atoms with Crippen LogP contribution in [-0.4, -0.2) is 5.78 Å². The molecular weight excluding hydrogens is 319 g/mol. The molecule has 0 saturated carbocycles. The number of ketones is 1. The Hall–Kier alpha value is -1.48. The highest BCUT2D eigenvalue weighted by atomic mass is 79.9. The molecule has 2 rings (SSSR count). The smallest absolute Gasteiger partial charge is 0.195 e. The summed E-state index contributed by atoms with van der Waals surface area (Å²) in [5.41, 5.74) is 1.77. The van der Waals surface area contributed by atoms with E-state index in [2.05, 4.69) is 36.7 Å². The van der Waals surface area contributed by atoms with Gasteiger partial charge in [-0.05, 0) is 29.2 Å². The van der Waals surface area contributed by atoms with Crippen LogP contribution in [0.2, 0.25) is 0 Å². The van der Waals surface area contributed by atoms with Crippen molar-refractivity contribution in [3.63, 3.8) is 0 Å². The monoisotopic (exact) mass is 334 g/mol. The molecule has 2 aromatic rings. The molecule has 0 bridgehead atoms. The van der Waals surface area contributed by atoms with Gasteiger partial charge >= 0.3 is 0 Å². The quantitative estimate of drug-likeness (QED) is 0.697. The fourth-order valence-corrected chi connectivity index (χ4v) is 2.28. The molecule has 1 nitrogen and oxygen atoms in total. The predicted octanol–water partition coefficient (Wildman–Crippen LogP) is 5.12. The normalized spacial score (nSPS) is 11.4. The summed E-state index contributed by atoms with van der Waals surface area (Å²) in [7, 11) is 0. The topological polar surface area (TPSA) is 17.1 Å². The number of hydrogen-bond donors (Lipinski definition) is 0. The molecular formula is C17H16BrFO. The van der Waals surface area contributed by atoms with Crippen molar-refractivity contribution in [3.05, 3.63) is 69.4 Å². The second kappa shape index (κ2) is 5.49. The van der Waals surface area contributed by atoms with Gasteiger partial charge in [0.15, 0.2) is 5.78 Å². The summed E-state index contributed by atoms with van der Waals surface area (Å²) in [6, 6.07) is 11.8. The molecule has 0 aliphatic carbocycles. The van der Waals surface area contributed by atoms with Crippen molar-refractivity contribution in [3.8, 4) is 0 Å².